The van der Waals surface area contributed by atoms with Crippen LogP contribution < -0.4 is 0 Å². The van der Waals surface area contributed by atoms with Crippen molar-refractivity contribution in [3.8, 4) is 0 Å². The Morgan fingerprint density at radius 1 is 1.46 bits per heavy atom. The van der Waals surface area contributed by atoms with Crippen LogP contribution in [0.3, 0.4) is 0 Å². The number of carboxylic acids is 1. The van der Waals surface area contributed by atoms with Crippen molar-refractivity contribution in [3.63, 3.8) is 0 Å². The summed E-state index contributed by atoms with van der Waals surface area (Å²) >= 11 is 0. The molecular formula is C11H14O2. The fourth-order valence-corrected chi connectivity index (χ4v) is 1.44. The lowest BCUT2D eigenvalue weighted by Gasteiger charge is -2.04. The molecule has 0 heterocycles. The molecule has 13 heavy (non-hydrogen) atoms. The minimum atomic E-state index is -0.774. The summed E-state index contributed by atoms with van der Waals surface area (Å²) in [5.41, 5.74) is 3.34. The van der Waals surface area contributed by atoms with Gasteiger partial charge < -0.3 is 5.11 Å². The first-order valence-corrected chi connectivity index (χ1v) is 4.43. The Morgan fingerprint density at radius 3 is 2.62 bits per heavy atom. The molecule has 1 aromatic carbocycles. The highest BCUT2D eigenvalue weighted by Gasteiger charge is 2.02. The van der Waals surface area contributed by atoms with Gasteiger partial charge in [-0.05, 0) is 30.0 Å². The van der Waals surface area contributed by atoms with E-state index >= 15 is 0 Å². The van der Waals surface area contributed by atoms with Crippen LogP contribution in [0.1, 0.15) is 23.6 Å². The van der Waals surface area contributed by atoms with Gasteiger partial charge in [-0.2, -0.15) is 0 Å². The van der Waals surface area contributed by atoms with Crippen molar-refractivity contribution < 1.29 is 9.90 Å². The van der Waals surface area contributed by atoms with E-state index in [1.54, 1.807) is 0 Å². The Bertz CT molecular complexity index is 316. The molecule has 70 valence electrons. The second-order valence-corrected chi connectivity index (χ2v) is 3.18. The van der Waals surface area contributed by atoms with E-state index < -0.39 is 5.97 Å². The van der Waals surface area contributed by atoms with E-state index in [0.717, 1.165) is 12.0 Å². The number of aryl methyl sites for hydroxylation is 2. The van der Waals surface area contributed by atoms with Crippen LogP contribution in [0.4, 0.5) is 0 Å². The molecule has 0 aliphatic carbocycles. The van der Waals surface area contributed by atoms with Gasteiger partial charge in [0.05, 0.1) is 6.42 Å². The number of benzene rings is 1. The minimum absolute atomic E-state index is 0.116. The predicted octanol–water partition coefficient (Wildman–Crippen LogP) is 2.18. The van der Waals surface area contributed by atoms with E-state index in [9.17, 15) is 4.79 Å². The first-order valence-electron chi connectivity index (χ1n) is 4.43. The Hall–Kier alpha value is -1.31. The smallest absolute Gasteiger partial charge is 0.307 e. The van der Waals surface area contributed by atoms with Gasteiger partial charge in [-0.3, -0.25) is 4.79 Å². The van der Waals surface area contributed by atoms with Crippen molar-refractivity contribution in [1.29, 1.82) is 0 Å². The summed E-state index contributed by atoms with van der Waals surface area (Å²) in [4.78, 5) is 10.4. The van der Waals surface area contributed by atoms with Gasteiger partial charge in [0, 0.05) is 0 Å². The van der Waals surface area contributed by atoms with Gasteiger partial charge in [0.15, 0.2) is 0 Å². The van der Waals surface area contributed by atoms with E-state index in [-0.39, 0.29) is 6.42 Å². The van der Waals surface area contributed by atoms with Crippen LogP contribution in [0.15, 0.2) is 18.2 Å². The van der Waals surface area contributed by atoms with Gasteiger partial charge in [0.1, 0.15) is 0 Å². The molecule has 0 atom stereocenters. The van der Waals surface area contributed by atoms with Crippen LogP contribution in [-0.2, 0) is 17.6 Å². The zero-order chi connectivity index (χ0) is 9.84. The fourth-order valence-electron chi connectivity index (χ4n) is 1.44. The van der Waals surface area contributed by atoms with Crippen molar-refractivity contribution in [2.45, 2.75) is 26.7 Å². The first-order chi connectivity index (χ1) is 6.13. The summed E-state index contributed by atoms with van der Waals surface area (Å²) in [6, 6.07) is 5.85. The second-order valence-electron chi connectivity index (χ2n) is 3.18. The third kappa shape index (κ3) is 2.58. The van der Waals surface area contributed by atoms with E-state index in [1.165, 1.54) is 11.1 Å². The summed E-state index contributed by atoms with van der Waals surface area (Å²) in [5, 5.41) is 8.58. The van der Waals surface area contributed by atoms with Gasteiger partial charge in [-0.15, -0.1) is 0 Å². The first kappa shape index (κ1) is 9.78. The van der Waals surface area contributed by atoms with E-state index in [1.807, 2.05) is 25.1 Å². The molecule has 0 aliphatic heterocycles. The molecule has 0 saturated carbocycles. The summed E-state index contributed by atoms with van der Waals surface area (Å²) in [5.74, 6) is -0.774. The second kappa shape index (κ2) is 4.08. The van der Waals surface area contributed by atoms with Crippen LogP contribution in [-0.4, -0.2) is 11.1 Å². The monoisotopic (exact) mass is 178 g/mol. The number of aliphatic carboxylic acids is 1. The highest BCUT2D eigenvalue weighted by atomic mass is 16.4. The molecule has 0 spiro atoms. The van der Waals surface area contributed by atoms with E-state index in [2.05, 4.69) is 6.92 Å². The molecule has 0 amide bonds. The highest BCUT2D eigenvalue weighted by molar-refractivity contribution is 5.70. The van der Waals surface area contributed by atoms with Crippen LogP contribution >= 0.6 is 0 Å². The Morgan fingerprint density at radius 2 is 2.15 bits per heavy atom. The maximum Gasteiger partial charge on any atom is 0.307 e. The lowest BCUT2D eigenvalue weighted by Crippen LogP contribution is -2.00. The van der Waals surface area contributed by atoms with Gasteiger partial charge in [-0.1, -0.05) is 25.1 Å². The fraction of sp³-hybridized carbons (Fsp3) is 0.364. The molecule has 0 aromatic heterocycles. The standard InChI is InChI=1S/C11H14O2/c1-3-10-5-4-9(6-8(10)2)7-11(12)13/h4-6H,3,7H2,1-2H3,(H,12,13). The molecule has 0 saturated heterocycles. The third-order valence-corrected chi connectivity index (χ3v) is 2.14. The maximum atomic E-state index is 10.4. The summed E-state index contributed by atoms with van der Waals surface area (Å²) in [6.45, 7) is 4.11. The lowest BCUT2D eigenvalue weighted by molar-refractivity contribution is -0.136. The molecule has 1 aromatic rings. The number of rotatable bonds is 3. The van der Waals surface area contributed by atoms with Crippen molar-refractivity contribution in [1.82, 2.24) is 0 Å². The number of hydrogen-bond donors (Lipinski definition) is 1. The van der Waals surface area contributed by atoms with Crippen LogP contribution in [0.5, 0.6) is 0 Å². The molecule has 0 aliphatic rings. The van der Waals surface area contributed by atoms with Crippen LogP contribution in [0, 0.1) is 6.92 Å². The van der Waals surface area contributed by atoms with Crippen LogP contribution in [0.25, 0.3) is 0 Å². The molecule has 0 unspecified atom stereocenters. The number of hydrogen-bond acceptors (Lipinski definition) is 1. The Kier molecular flexibility index (Phi) is 3.07. The van der Waals surface area contributed by atoms with Gasteiger partial charge in [-0.25, -0.2) is 0 Å². The van der Waals surface area contributed by atoms with Crippen LogP contribution in [0.2, 0.25) is 0 Å². The predicted molar refractivity (Wildman–Crippen MR) is 51.9 cm³/mol. The number of carboxylic acid groups (broad SMARTS) is 1. The van der Waals surface area contributed by atoms with E-state index in [0.29, 0.717) is 0 Å². The molecular weight excluding hydrogens is 164 g/mol. The summed E-state index contributed by atoms with van der Waals surface area (Å²) < 4.78 is 0. The zero-order valence-electron chi connectivity index (χ0n) is 8.00. The van der Waals surface area contributed by atoms with Gasteiger partial charge in [0.2, 0.25) is 0 Å². The van der Waals surface area contributed by atoms with Crippen molar-refractivity contribution in [3.05, 3.63) is 34.9 Å². The Labute approximate surface area is 78.2 Å². The van der Waals surface area contributed by atoms with Crippen molar-refractivity contribution in [2.24, 2.45) is 0 Å². The Balaban J connectivity index is 2.89. The average Bonchev–Trinajstić information content (AvgIpc) is 2.03. The summed E-state index contributed by atoms with van der Waals surface area (Å²) in [6.07, 6.45) is 1.12. The largest absolute Gasteiger partial charge is 0.481 e. The number of carbonyl (C=O) groups is 1. The summed E-state index contributed by atoms with van der Waals surface area (Å²) in [7, 11) is 0. The molecule has 2 nitrogen and oxygen atoms in total. The van der Waals surface area contributed by atoms with Gasteiger partial charge in [0.25, 0.3) is 0 Å². The maximum absolute atomic E-state index is 10.4. The molecule has 0 bridgehead atoms. The van der Waals surface area contributed by atoms with Crippen molar-refractivity contribution >= 4 is 5.97 Å². The topological polar surface area (TPSA) is 37.3 Å². The van der Waals surface area contributed by atoms with Gasteiger partial charge >= 0.3 is 5.97 Å². The van der Waals surface area contributed by atoms with E-state index in [4.69, 9.17) is 5.11 Å². The normalized spacial score (nSPS) is 10.0. The lowest BCUT2D eigenvalue weighted by atomic mass is 10.0. The molecule has 2 heteroatoms. The van der Waals surface area contributed by atoms with Crippen molar-refractivity contribution in [2.75, 3.05) is 0 Å². The average molecular weight is 178 g/mol. The SMILES string of the molecule is CCc1ccc(CC(=O)O)cc1C. The highest BCUT2D eigenvalue weighted by Crippen LogP contribution is 2.12. The minimum Gasteiger partial charge on any atom is -0.481 e. The quantitative estimate of drug-likeness (QED) is 0.770. The molecule has 0 radical (unpaired) electrons. The zero-order valence-corrected chi connectivity index (χ0v) is 8.00. The molecule has 1 N–H and O–H groups in total. The molecule has 1 rings (SSSR count). The molecule has 0 fully saturated rings. The third-order valence-electron chi connectivity index (χ3n) is 2.14.